The van der Waals surface area contributed by atoms with Crippen molar-refractivity contribution >= 4 is 11.4 Å². The number of benzene rings is 2. The molecule has 0 amide bonds. The van der Waals surface area contributed by atoms with Crippen molar-refractivity contribution in [3.05, 3.63) is 87.2 Å². The summed E-state index contributed by atoms with van der Waals surface area (Å²) in [7, 11) is 0. The standard InChI is InChI=1S/C21H20N4O2/c1-15-12-17(16(2)24(15)19-6-4-3-5-7-19)10-11-23-21-9-8-20(25(26)27)13-18(21)14-22/h3-9,12-13,23H,10-11H2,1-2H3. The van der Waals surface area contributed by atoms with Gasteiger partial charge < -0.3 is 9.88 Å². The van der Waals surface area contributed by atoms with Gasteiger partial charge in [-0.05, 0) is 50.1 Å². The first-order valence-corrected chi connectivity index (χ1v) is 8.67. The zero-order valence-electron chi connectivity index (χ0n) is 15.3. The number of aromatic nitrogens is 1. The summed E-state index contributed by atoms with van der Waals surface area (Å²) in [5.74, 6) is 0. The average Bonchev–Trinajstić information content (AvgIpc) is 2.96. The first-order valence-electron chi connectivity index (χ1n) is 8.67. The molecule has 0 aliphatic carbocycles. The predicted octanol–water partition coefficient (Wildman–Crippen LogP) is 4.53. The van der Waals surface area contributed by atoms with E-state index in [0.29, 0.717) is 12.2 Å². The Labute approximate surface area is 157 Å². The molecular formula is C21H20N4O2. The minimum Gasteiger partial charge on any atom is -0.384 e. The van der Waals surface area contributed by atoms with Gasteiger partial charge in [-0.1, -0.05) is 18.2 Å². The summed E-state index contributed by atoms with van der Waals surface area (Å²) < 4.78 is 2.22. The van der Waals surface area contributed by atoms with E-state index in [1.165, 1.54) is 29.1 Å². The van der Waals surface area contributed by atoms with Gasteiger partial charge in [0.1, 0.15) is 6.07 Å². The Hall–Kier alpha value is -3.59. The highest BCUT2D eigenvalue weighted by Gasteiger charge is 2.12. The summed E-state index contributed by atoms with van der Waals surface area (Å²) in [4.78, 5) is 10.3. The quantitative estimate of drug-likeness (QED) is 0.517. The first-order chi connectivity index (χ1) is 13.0. The molecule has 3 aromatic rings. The molecule has 3 rings (SSSR count). The van der Waals surface area contributed by atoms with Gasteiger partial charge in [0.15, 0.2) is 0 Å². The van der Waals surface area contributed by atoms with Gasteiger partial charge in [-0.3, -0.25) is 10.1 Å². The lowest BCUT2D eigenvalue weighted by Crippen LogP contribution is -2.07. The molecule has 1 heterocycles. The zero-order valence-corrected chi connectivity index (χ0v) is 15.3. The van der Waals surface area contributed by atoms with Crippen molar-refractivity contribution in [1.82, 2.24) is 4.57 Å². The summed E-state index contributed by atoms with van der Waals surface area (Å²) in [5.41, 5.74) is 5.52. The van der Waals surface area contributed by atoms with Gasteiger partial charge in [0, 0.05) is 35.8 Å². The van der Waals surface area contributed by atoms with E-state index < -0.39 is 4.92 Å². The van der Waals surface area contributed by atoms with E-state index >= 15 is 0 Å². The predicted molar refractivity (Wildman–Crippen MR) is 105 cm³/mol. The van der Waals surface area contributed by atoms with Crippen molar-refractivity contribution in [2.75, 3.05) is 11.9 Å². The van der Waals surface area contributed by atoms with Crippen LogP contribution < -0.4 is 5.32 Å². The molecule has 2 aromatic carbocycles. The van der Waals surface area contributed by atoms with E-state index in [2.05, 4.69) is 41.9 Å². The van der Waals surface area contributed by atoms with Crippen molar-refractivity contribution in [3.8, 4) is 11.8 Å². The second-order valence-corrected chi connectivity index (χ2v) is 6.34. The molecule has 0 saturated carbocycles. The first kappa shape index (κ1) is 18.2. The SMILES string of the molecule is Cc1cc(CCNc2ccc([N+](=O)[O-])cc2C#N)c(C)n1-c1ccccc1. The highest BCUT2D eigenvalue weighted by atomic mass is 16.6. The maximum absolute atomic E-state index is 10.8. The number of anilines is 1. The van der Waals surface area contributed by atoms with Crippen molar-refractivity contribution in [2.24, 2.45) is 0 Å². The minimum atomic E-state index is -0.497. The van der Waals surface area contributed by atoms with Crippen LogP contribution in [0, 0.1) is 35.3 Å². The average molecular weight is 360 g/mol. The highest BCUT2D eigenvalue weighted by molar-refractivity contribution is 5.61. The number of nitro groups is 1. The molecular weight excluding hydrogens is 340 g/mol. The number of rotatable bonds is 6. The van der Waals surface area contributed by atoms with Gasteiger partial charge in [-0.2, -0.15) is 5.26 Å². The number of nitro benzene ring substituents is 1. The van der Waals surface area contributed by atoms with Gasteiger partial charge in [0.05, 0.1) is 16.2 Å². The van der Waals surface area contributed by atoms with Crippen molar-refractivity contribution < 1.29 is 4.92 Å². The summed E-state index contributed by atoms with van der Waals surface area (Å²) in [6.45, 7) is 4.81. The maximum Gasteiger partial charge on any atom is 0.270 e. The molecule has 136 valence electrons. The summed E-state index contributed by atoms with van der Waals surface area (Å²) in [5, 5.41) is 23.3. The van der Waals surface area contributed by atoms with Crippen LogP contribution in [0.1, 0.15) is 22.5 Å². The molecule has 0 fully saturated rings. The summed E-state index contributed by atoms with van der Waals surface area (Å²) in [6, 6.07) is 18.7. The molecule has 0 aliphatic rings. The van der Waals surface area contributed by atoms with Gasteiger partial charge in [0.25, 0.3) is 5.69 Å². The number of para-hydroxylation sites is 1. The Kier molecular flexibility index (Phi) is 5.23. The van der Waals surface area contributed by atoms with E-state index in [-0.39, 0.29) is 11.3 Å². The molecule has 6 nitrogen and oxygen atoms in total. The lowest BCUT2D eigenvalue weighted by atomic mass is 10.1. The van der Waals surface area contributed by atoms with Crippen molar-refractivity contribution in [1.29, 1.82) is 5.26 Å². The lowest BCUT2D eigenvalue weighted by Gasteiger charge is -2.11. The largest absolute Gasteiger partial charge is 0.384 e. The lowest BCUT2D eigenvalue weighted by molar-refractivity contribution is -0.384. The Balaban J connectivity index is 1.74. The monoisotopic (exact) mass is 360 g/mol. The summed E-state index contributed by atoms with van der Waals surface area (Å²) >= 11 is 0. The number of nitriles is 1. The van der Waals surface area contributed by atoms with E-state index in [0.717, 1.165) is 12.1 Å². The molecule has 1 N–H and O–H groups in total. The normalized spacial score (nSPS) is 10.4. The minimum absolute atomic E-state index is 0.0801. The molecule has 0 aliphatic heterocycles. The molecule has 0 unspecified atom stereocenters. The fraction of sp³-hybridized carbons (Fsp3) is 0.190. The molecule has 1 aromatic heterocycles. The van der Waals surface area contributed by atoms with Crippen LogP contribution >= 0.6 is 0 Å². The second kappa shape index (κ2) is 7.75. The van der Waals surface area contributed by atoms with Crippen LogP contribution in [0.15, 0.2) is 54.6 Å². The van der Waals surface area contributed by atoms with E-state index in [4.69, 9.17) is 0 Å². The molecule has 0 atom stereocenters. The van der Waals surface area contributed by atoms with Gasteiger partial charge in [-0.15, -0.1) is 0 Å². The number of aryl methyl sites for hydroxylation is 1. The molecule has 0 spiro atoms. The Morgan fingerprint density at radius 3 is 2.56 bits per heavy atom. The second-order valence-electron chi connectivity index (χ2n) is 6.34. The van der Waals surface area contributed by atoms with Crippen LogP contribution in [0.25, 0.3) is 5.69 Å². The third kappa shape index (κ3) is 3.82. The molecule has 0 radical (unpaired) electrons. The Morgan fingerprint density at radius 2 is 1.89 bits per heavy atom. The van der Waals surface area contributed by atoms with Crippen LogP contribution in [0.4, 0.5) is 11.4 Å². The number of hydrogen-bond donors (Lipinski definition) is 1. The maximum atomic E-state index is 10.8. The van der Waals surface area contributed by atoms with Crippen molar-refractivity contribution in [2.45, 2.75) is 20.3 Å². The molecule has 0 bridgehead atoms. The fourth-order valence-electron chi connectivity index (χ4n) is 3.28. The van der Waals surface area contributed by atoms with Crippen LogP contribution in [0.2, 0.25) is 0 Å². The number of hydrogen-bond acceptors (Lipinski definition) is 4. The van der Waals surface area contributed by atoms with Gasteiger partial charge >= 0.3 is 0 Å². The van der Waals surface area contributed by atoms with E-state index in [1.807, 2.05) is 24.3 Å². The Bertz CT molecular complexity index is 1020. The topological polar surface area (TPSA) is 83.9 Å². The van der Waals surface area contributed by atoms with Crippen LogP contribution in [0.3, 0.4) is 0 Å². The third-order valence-corrected chi connectivity index (χ3v) is 4.59. The smallest absolute Gasteiger partial charge is 0.270 e. The molecule has 27 heavy (non-hydrogen) atoms. The number of nitrogens with zero attached hydrogens (tertiary/aromatic N) is 3. The van der Waals surface area contributed by atoms with E-state index in [1.54, 1.807) is 6.07 Å². The molecule has 0 saturated heterocycles. The summed E-state index contributed by atoms with van der Waals surface area (Å²) in [6.07, 6.45) is 0.786. The number of non-ortho nitro benzene ring substituents is 1. The van der Waals surface area contributed by atoms with Gasteiger partial charge in [-0.25, -0.2) is 0 Å². The fourth-order valence-corrected chi connectivity index (χ4v) is 3.28. The number of nitrogens with one attached hydrogen (secondary N) is 1. The third-order valence-electron chi connectivity index (χ3n) is 4.59. The van der Waals surface area contributed by atoms with Crippen molar-refractivity contribution in [3.63, 3.8) is 0 Å². The van der Waals surface area contributed by atoms with Crippen LogP contribution in [-0.4, -0.2) is 16.0 Å². The highest BCUT2D eigenvalue weighted by Crippen LogP contribution is 2.23. The van der Waals surface area contributed by atoms with Crippen LogP contribution in [-0.2, 0) is 6.42 Å². The van der Waals surface area contributed by atoms with Gasteiger partial charge in [0.2, 0.25) is 0 Å². The Morgan fingerprint density at radius 1 is 1.15 bits per heavy atom. The zero-order chi connectivity index (χ0) is 19.4. The van der Waals surface area contributed by atoms with Crippen LogP contribution in [0.5, 0.6) is 0 Å². The van der Waals surface area contributed by atoms with E-state index in [9.17, 15) is 15.4 Å². The molecule has 6 heteroatoms.